The van der Waals surface area contributed by atoms with Crippen molar-refractivity contribution in [2.75, 3.05) is 26.2 Å². The highest BCUT2D eigenvalue weighted by Crippen LogP contribution is 2.35. The number of carbonyl (C=O) groups is 1. The number of thiazole rings is 1. The van der Waals surface area contributed by atoms with Gasteiger partial charge in [-0.2, -0.15) is 0 Å². The van der Waals surface area contributed by atoms with Gasteiger partial charge in [-0.25, -0.2) is 4.98 Å². The average molecular weight is 358 g/mol. The van der Waals surface area contributed by atoms with E-state index in [1.165, 1.54) is 11.1 Å². The van der Waals surface area contributed by atoms with E-state index in [2.05, 4.69) is 29.7 Å². The number of piperidine rings is 1. The molecule has 1 saturated heterocycles. The maximum Gasteiger partial charge on any atom is 0.237 e. The second-order valence-electron chi connectivity index (χ2n) is 6.87. The number of hydrogen-bond donors (Lipinski definition) is 0. The Labute approximate surface area is 154 Å². The molecule has 1 fully saturated rings. The first-order valence-electron chi connectivity index (χ1n) is 9.10. The van der Waals surface area contributed by atoms with Crippen LogP contribution in [-0.2, 0) is 4.79 Å². The minimum atomic E-state index is 0.193. The van der Waals surface area contributed by atoms with E-state index in [-0.39, 0.29) is 11.9 Å². The summed E-state index contributed by atoms with van der Waals surface area (Å²) >= 11 is 1.77. The Morgan fingerprint density at radius 2 is 2.20 bits per heavy atom. The number of likely N-dealkylation sites (tertiary alicyclic amines) is 1. The topological polar surface area (TPSA) is 36.4 Å². The summed E-state index contributed by atoms with van der Waals surface area (Å²) in [6.45, 7) is 10.8. The summed E-state index contributed by atoms with van der Waals surface area (Å²) in [4.78, 5) is 21.8. The van der Waals surface area contributed by atoms with Crippen molar-refractivity contribution in [3.05, 3.63) is 41.4 Å². The summed E-state index contributed by atoms with van der Waals surface area (Å²) in [5.74, 6) is 0.193. The van der Waals surface area contributed by atoms with E-state index >= 15 is 0 Å². The highest BCUT2D eigenvalue weighted by atomic mass is 32.1. The Morgan fingerprint density at radius 3 is 2.92 bits per heavy atom. The van der Waals surface area contributed by atoms with Crippen molar-refractivity contribution in [1.29, 1.82) is 0 Å². The van der Waals surface area contributed by atoms with Gasteiger partial charge in [0.25, 0.3) is 0 Å². The zero-order chi connectivity index (χ0) is 17.8. The van der Waals surface area contributed by atoms with Crippen LogP contribution >= 0.6 is 11.3 Å². The molecule has 1 unspecified atom stereocenters. The largest absolute Gasteiger partial charge is 0.338 e. The van der Waals surface area contributed by atoms with Gasteiger partial charge in [0, 0.05) is 13.1 Å². The highest BCUT2D eigenvalue weighted by molar-refractivity contribution is 7.18. The number of benzene rings is 1. The van der Waals surface area contributed by atoms with E-state index in [9.17, 15) is 4.79 Å². The molecule has 0 bridgehead atoms. The van der Waals surface area contributed by atoms with Crippen molar-refractivity contribution in [3.8, 4) is 0 Å². The number of amides is 1. The van der Waals surface area contributed by atoms with Crippen molar-refractivity contribution in [3.63, 3.8) is 0 Å². The molecule has 1 aliphatic rings. The zero-order valence-corrected chi connectivity index (χ0v) is 16.0. The number of para-hydroxylation sites is 1. The molecular formula is C20H27N3OS. The number of likely N-dealkylation sites (N-methyl/N-ethyl adjacent to an activating group) is 1. The van der Waals surface area contributed by atoms with Crippen LogP contribution in [0.5, 0.6) is 0 Å². The Hall–Kier alpha value is -1.72. The minimum absolute atomic E-state index is 0.193. The van der Waals surface area contributed by atoms with Crippen LogP contribution in [0, 0.1) is 0 Å². The number of carbonyl (C=O) groups excluding carboxylic acids is 1. The number of nitrogens with zero attached hydrogens (tertiary/aromatic N) is 3. The fourth-order valence-corrected chi connectivity index (χ4v) is 4.61. The lowest BCUT2D eigenvalue weighted by Crippen LogP contribution is -2.44. The summed E-state index contributed by atoms with van der Waals surface area (Å²) in [6, 6.07) is 8.55. The summed E-state index contributed by atoms with van der Waals surface area (Å²) in [5.41, 5.74) is 2.09. The van der Waals surface area contributed by atoms with Gasteiger partial charge in [0.15, 0.2) is 0 Å². The Balaban J connectivity index is 1.76. The SMILES string of the molecule is C=C(C)CN(CC)C(=O)CN1CCCCC1c1nc2ccccc2s1. The van der Waals surface area contributed by atoms with Crippen LogP contribution in [0.25, 0.3) is 10.2 Å². The summed E-state index contributed by atoms with van der Waals surface area (Å²) < 4.78 is 1.23. The number of aromatic nitrogens is 1. The van der Waals surface area contributed by atoms with Gasteiger partial charge < -0.3 is 4.90 Å². The van der Waals surface area contributed by atoms with Gasteiger partial charge in [0.2, 0.25) is 5.91 Å². The van der Waals surface area contributed by atoms with E-state index in [0.717, 1.165) is 42.0 Å². The lowest BCUT2D eigenvalue weighted by atomic mass is 10.0. The standard InChI is InChI=1S/C20H27N3OS/c1-4-22(13-15(2)3)19(24)14-23-12-8-7-10-17(23)20-21-16-9-5-6-11-18(16)25-20/h5-6,9,11,17H,2,4,7-8,10,12-14H2,1,3H3. The van der Waals surface area contributed by atoms with Crippen molar-refractivity contribution in [1.82, 2.24) is 14.8 Å². The third-order valence-corrected chi connectivity index (χ3v) is 5.88. The molecule has 134 valence electrons. The second kappa shape index (κ2) is 8.11. The molecule has 0 radical (unpaired) electrons. The van der Waals surface area contributed by atoms with E-state index in [0.29, 0.717) is 13.1 Å². The van der Waals surface area contributed by atoms with E-state index in [4.69, 9.17) is 4.98 Å². The first-order valence-corrected chi connectivity index (χ1v) is 9.91. The quantitative estimate of drug-likeness (QED) is 0.725. The third kappa shape index (κ3) is 4.28. The van der Waals surface area contributed by atoms with E-state index in [1.54, 1.807) is 11.3 Å². The summed E-state index contributed by atoms with van der Waals surface area (Å²) in [6.07, 6.45) is 3.44. The average Bonchev–Trinajstić information content (AvgIpc) is 3.03. The first kappa shape index (κ1) is 18.1. The predicted molar refractivity (Wildman–Crippen MR) is 105 cm³/mol. The third-order valence-electron chi connectivity index (χ3n) is 4.74. The van der Waals surface area contributed by atoms with Gasteiger partial charge in [-0.3, -0.25) is 9.69 Å². The molecule has 1 aromatic carbocycles. The normalized spacial score (nSPS) is 18.4. The molecule has 4 nitrogen and oxygen atoms in total. The second-order valence-corrected chi connectivity index (χ2v) is 7.93. The molecule has 5 heteroatoms. The smallest absolute Gasteiger partial charge is 0.237 e. The molecular weight excluding hydrogens is 330 g/mol. The molecule has 0 aliphatic carbocycles. The van der Waals surface area contributed by atoms with Gasteiger partial charge in [-0.1, -0.05) is 30.7 Å². The van der Waals surface area contributed by atoms with Crippen molar-refractivity contribution in [2.45, 2.75) is 39.2 Å². The van der Waals surface area contributed by atoms with E-state index in [1.807, 2.05) is 24.8 Å². The Morgan fingerprint density at radius 1 is 1.40 bits per heavy atom. The maximum absolute atomic E-state index is 12.8. The van der Waals surface area contributed by atoms with Crippen molar-refractivity contribution < 1.29 is 4.79 Å². The molecule has 25 heavy (non-hydrogen) atoms. The minimum Gasteiger partial charge on any atom is -0.338 e. The number of fused-ring (bicyclic) bond motifs is 1. The molecule has 0 spiro atoms. The molecule has 2 heterocycles. The van der Waals surface area contributed by atoms with Crippen molar-refractivity contribution in [2.24, 2.45) is 0 Å². The molecule has 3 rings (SSSR count). The molecule has 0 N–H and O–H groups in total. The molecule has 1 aliphatic heterocycles. The molecule has 1 amide bonds. The number of hydrogen-bond acceptors (Lipinski definition) is 4. The maximum atomic E-state index is 12.8. The molecule has 1 aromatic heterocycles. The fraction of sp³-hybridized carbons (Fsp3) is 0.500. The molecule has 1 atom stereocenters. The van der Waals surface area contributed by atoms with Crippen LogP contribution in [0.15, 0.2) is 36.4 Å². The van der Waals surface area contributed by atoms with E-state index < -0.39 is 0 Å². The van der Waals surface area contributed by atoms with Gasteiger partial charge in [-0.05, 0) is 45.4 Å². The lowest BCUT2D eigenvalue weighted by molar-refractivity contribution is -0.132. The predicted octanol–water partition coefficient (Wildman–Crippen LogP) is 4.25. The van der Waals surface area contributed by atoms with Crippen LogP contribution in [0.3, 0.4) is 0 Å². The van der Waals surface area contributed by atoms with Gasteiger partial charge in [-0.15, -0.1) is 11.3 Å². The highest BCUT2D eigenvalue weighted by Gasteiger charge is 2.29. The van der Waals surface area contributed by atoms with Crippen LogP contribution < -0.4 is 0 Å². The first-order chi connectivity index (χ1) is 12.1. The number of rotatable bonds is 6. The van der Waals surface area contributed by atoms with Gasteiger partial charge in [0.1, 0.15) is 5.01 Å². The summed E-state index contributed by atoms with van der Waals surface area (Å²) in [7, 11) is 0. The fourth-order valence-electron chi connectivity index (χ4n) is 3.47. The van der Waals surface area contributed by atoms with Crippen LogP contribution in [0.4, 0.5) is 0 Å². The molecule has 2 aromatic rings. The lowest BCUT2D eigenvalue weighted by Gasteiger charge is -2.35. The van der Waals surface area contributed by atoms with Crippen LogP contribution in [0.1, 0.15) is 44.2 Å². The van der Waals surface area contributed by atoms with Crippen molar-refractivity contribution >= 4 is 27.5 Å². The van der Waals surface area contributed by atoms with Crippen LogP contribution in [0.2, 0.25) is 0 Å². The zero-order valence-electron chi connectivity index (χ0n) is 15.2. The summed E-state index contributed by atoms with van der Waals surface area (Å²) in [5, 5.41) is 1.15. The Bertz CT molecular complexity index is 721. The van der Waals surface area contributed by atoms with Gasteiger partial charge in [0.05, 0.1) is 22.8 Å². The molecule has 0 saturated carbocycles. The van der Waals surface area contributed by atoms with Crippen LogP contribution in [-0.4, -0.2) is 46.9 Å². The monoisotopic (exact) mass is 357 g/mol. The van der Waals surface area contributed by atoms with Gasteiger partial charge >= 0.3 is 0 Å². The Kier molecular flexibility index (Phi) is 5.86.